The molecule has 326 valence electrons. The summed E-state index contributed by atoms with van der Waals surface area (Å²) in [5, 5.41) is 9.47. The van der Waals surface area contributed by atoms with Crippen LogP contribution in [-0.2, 0) is 27.2 Å². The second-order valence-electron chi connectivity index (χ2n) is 14.8. The Morgan fingerprint density at radius 3 is 2.11 bits per heavy atom. The van der Waals surface area contributed by atoms with E-state index in [1.165, 1.54) is 19.5 Å². The van der Waals surface area contributed by atoms with E-state index in [1.54, 1.807) is 36.4 Å². The van der Waals surface area contributed by atoms with Gasteiger partial charge in [0.15, 0.2) is 6.04 Å². The predicted molar refractivity (Wildman–Crippen MR) is 237 cm³/mol. The highest BCUT2D eigenvalue weighted by Gasteiger charge is 2.35. The van der Waals surface area contributed by atoms with Crippen LogP contribution in [0.3, 0.4) is 0 Å². The Morgan fingerprint density at radius 1 is 0.855 bits per heavy atom. The minimum atomic E-state index is -1.38. The minimum absolute atomic E-state index is 0.174. The van der Waals surface area contributed by atoms with Crippen molar-refractivity contribution in [2.75, 3.05) is 39.9 Å². The number of hydrogen-bond donors (Lipinski definition) is 7. The topological polar surface area (TPSA) is 236 Å². The first-order valence-electron chi connectivity index (χ1n) is 20.6. The maximum absolute atomic E-state index is 14.5. The molecule has 2 heterocycles. The van der Waals surface area contributed by atoms with Gasteiger partial charge in [0.25, 0.3) is 11.8 Å². The number of hydrazine groups is 1. The van der Waals surface area contributed by atoms with Crippen molar-refractivity contribution in [1.82, 2.24) is 35.7 Å². The van der Waals surface area contributed by atoms with E-state index in [-0.39, 0.29) is 38.5 Å². The molecule has 0 radical (unpaired) electrons. The monoisotopic (exact) mass is 863 g/mol. The molecule has 0 saturated carbocycles. The van der Waals surface area contributed by atoms with Gasteiger partial charge in [-0.15, -0.1) is 0 Å². The summed E-state index contributed by atoms with van der Waals surface area (Å²) < 4.78 is 16.5. The normalized spacial score (nSPS) is 16.4. The Labute approximate surface area is 363 Å². The molecule has 2 unspecified atom stereocenters. The average Bonchev–Trinajstić information content (AvgIpc) is 3.73. The number of nitrogens with zero attached hydrogens (tertiary/aromatic N) is 2. The van der Waals surface area contributed by atoms with Crippen molar-refractivity contribution in [3.05, 3.63) is 123 Å². The van der Waals surface area contributed by atoms with E-state index < -0.39 is 53.2 Å². The molecule has 1 aliphatic heterocycles. The fraction of sp³-hybridized carbons (Fsp3) is 0.333. The molecule has 0 fully saturated rings. The van der Waals surface area contributed by atoms with Crippen molar-refractivity contribution in [2.45, 2.75) is 57.7 Å². The summed E-state index contributed by atoms with van der Waals surface area (Å²) in [7, 11) is 1.48. The van der Waals surface area contributed by atoms with Crippen LogP contribution in [0.5, 0.6) is 11.5 Å². The summed E-state index contributed by atoms with van der Waals surface area (Å²) in [4.78, 5) is 70.2. The zero-order valence-corrected chi connectivity index (χ0v) is 35.8. The zero-order chi connectivity index (χ0) is 44.2. The number of fused-ring (bicyclic) bond motifs is 5. The number of nitrogens with two attached hydrogens (primary N) is 2. The van der Waals surface area contributed by atoms with Crippen LogP contribution in [0.4, 0.5) is 0 Å². The van der Waals surface area contributed by atoms with Crippen LogP contribution in [0.15, 0.2) is 89.7 Å². The van der Waals surface area contributed by atoms with Crippen LogP contribution in [-0.4, -0.2) is 83.9 Å². The number of rotatable bonds is 16. The van der Waals surface area contributed by atoms with Gasteiger partial charge in [0.05, 0.1) is 12.6 Å². The van der Waals surface area contributed by atoms with Gasteiger partial charge < -0.3 is 36.9 Å². The highest BCUT2D eigenvalue weighted by Crippen LogP contribution is 2.40. The van der Waals surface area contributed by atoms with Crippen molar-refractivity contribution in [3.8, 4) is 33.8 Å². The average molecular weight is 864 g/mol. The molecule has 1 aromatic heterocycles. The number of carbonyl (C=O) groups is 4. The summed E-state index contributed by atoms with van der Waals surface area (Å²) in [5.41, 5.74) is 20.3. The van der Waals surface area contributed by atoms with Gasteiger partial charge in [-0.1, -0.05) is 61.9 Å². The van der Waals surface area contributed by atoms with Crippen LogP contribution in [0.25, 0.3) is 22.3 Å². The van der Waals surface area contributed by atoms with Crippen molar-refractivity contribution < 1.29 is 28.7 Å². The molecule has 3 atom stereocenters. The molecule has 4 bridgehead atoms. The van der Waals surface area contributed by atoms with Gasteiger partial charge in [0.1, 0.15) is 36.6 Å². The maximum atomic E-state index is 14.5. The summed E-state index contributed by atoms with van der Waals surface area (Å²) in [6.07, 6.45) is 3.50. The predicted octanol–water partition coefficient (Wildman–Crippen LogP) is 3.54. The maximum Gasteiger partial charge on any atom is 0.323 e. The van der Waals surface area contributed by atoms with E-state index in [9.17, 15) is 24.0 Å². The molecule has 17 heteroatoms. The van der Waals surface area contributed by atoms with E-state index in [0.29, 0.717) is 33.8 Å². The molecular formula is C45H53N9O7S. The first-order valence-corrected chi connectivity index (χ1v) is 21.4. The molecule has 0 spiro atoms. The highest BCUT2D eigenvalue weighted by atomic mass is 32.1. The molecule has 9 N–H and O–H groups in total. The van der Waals surface area contributed by atoms with Crippen molar-refractivity contribution in [3.63, 3.8) is 0 Å². The van der Waals surface area contributed by atoms with Crippen molar-refractivity contribution in [1.29, 1.82) is 0 Å². The first kappa shape index (κ1) is 45.1. The minimum Gasteiger partial charge on any atom is -0.492 e. The fourth-order valence-electron chi connectivity index (χ4n) is 7.15. The summed E-state index contributed by atoms with van der Waals surface area (Å²) in [6.45, 7) is 4.02. The van der Waals surface area contributed by atoms with Gasteiger partial charge in [-0.3, -0.25) is 34.0 Å². The first-order chi connectivity index (χ1) is 30.0. The van der Waals surface area contributed by atoms with E-state index in [2.05, 4.69) is 61.9 Å². The number of H-pyrrole nitrogens is 1. The van der Waals surface area contributed by atoms with Crippen molar-refractivity contribution >= 4 is 35.2 Å². The molecular weight excluding hydrogens is 811 g/mol. The van der Waals surface area contributed by atoms with E-state index in [1.807, 2.05) is 24.3 Å². The van der Waals surface area contributed by atoms with Crippen molar-refractivity contribution in [2.24, 2.45) is 11.5 Å². The number of ether oxygens (including phenoxy) is 2. The Morgan fingerprint density at radius 2 is 1.50 bits per heavy atom. The molecule has 1 aliphatic rings. The Balaban J connectivity index is 1.33. The molecule has 4 aromatic carbocycles. The zero-order valence-electron chi connectivity index (χ0n) is 35.0. The lowest BCUT2D eigenvalue weighted by atomic mass is 9.93. The number of aryl methyl sites for hydroxylation is 1. The van der Waals surface area contributed by atoms with Crippen LogP contribution in [0, 0.1) is 0 Å². The second-order valence-corrected chi connectivity index (χ2v) is 15.5. The van der Waals surface area contributed by atoms with Gasteiger partial charge >= 0.3 is 4.87 Å². The number of aromatic amines is 1. The Kier molecular flexibility index (Phi) is 15.6. The number of benzene rings is 4. The highest BCUT2D eigenvalue weighted by molar-refractivity contribution is 7.02. The molecule has 4 amide bonds. The number of amides is 4. The van der Waals surface area contributed by atoms with Gasteiger partial charge in [-0.25, -0.2) is 5.43 Å². The third-order valence-corrected chi connectivity index (χ3v) is 10.9. The van der Waals surface area contributed by atoms with Gasteiger partial charge in [0, 0.05) is 48.4 Å². The Hall–Kier alpha value is -6.40. The van der Waals surface area contributed by atoms with Crippen LogP contribution in [0.2, 0.25) is 0 Å². The lowest BCUT2D eigenvalue weighted by molar-refractivity contribution is -0.144. The SMILES string of the molecule is CCCCc1ccc(-c2ccc(C(=O)NCC(=O)N(NC)C3C(=O)N[C@@H](C)C(=O)NC(c4nsc(=O)[nH]4)Cc4ccc(OCCN)c(c4)-c4cc3ccc4OCCN)cc2)cc1. The molecule has 16 nitrogen and oxygen atoms in total. The van der Waals surface area contributed by atoms with E-state index in [4.69, 9.17) is 20.9 Å². The summed E-state index contributed by atoms with van der Waals surface area (Å²) >= 11 is 0.722. The Bertz CT molecular complexity index is 2400. The lowest BCUT2D eigenvalue weighted by Crippen LogP contribution is -2.55. The molecule has 6 rings (SSSR count). The second kappa shape index (κ2) is 21.4. The number of unbranched alkanes of at least 4 members (excludes halogenated alkanes) is 1. The summed E-state index contributed by atoms with van der Waals surface area (Å²) in [5.74, 6) is -1.28. The van der Waals surface area contributed by atoms with Gasteiger partial charge in [0.2, 0.25) is 11.8 Å². The van der Waals surface area contributed by atoms with Crippen LogP contribution >= 0.6 is 11.5 Å². The number of aromatic nitrogens is 2. The van der Waals surface area contributed by atoms with E-state index >= 15 is 0 Å². The number of nitrogens with one attached hydrogen (secondary N) is 5. The molecule has 0 aliphatic carbocycles. The molecule has 0 saturated heterocycles. The number of hydrogen-bond acceptors (Lipinski definition) is 12. The third kappa shape index (κ3) is 11.1. The van der Waals surface area contributed by atoms with E-state index in [0.717, 1.165) is 52.5 Å². The standard InChI is InChI=1S/C45H53N9O7S/c1-4-5-6-28-7-10-30(11-8-28)31-12-14-32(15-13-31)43(57)49-26-39(55)54(48-3)40-33-16-18-38(61-22-20-47)35(25-33)34-23-29(9-17-37(34)60-21-19-46)24-36(41-52-45(59)62-53-41)51-42(56)27(2)50-44(40)58/h7-18,23,25,27,36,40,48H,4-6,19-22,24,26,46-47H2,1-3H3,(H,49,57)(H,50,58)(H,51,56)(H,52,53,59)/t27-,36?,40?/m0/s1. The van der Waals surface area contributed by atoms with Crippen LogP contribution < -0.4 is 47.2 Å². The third-order valence-electron chi connectivity index (χ3n) is 10.4. The fourth-order valence-corrected chi connectivity index (χ4v) is 7.65. The van der Waals surface area contributed by atoms with Gasteiger partial charge in [-0.05, 0) is 90.4 Å². The largest absolute Gasteiger partial charge is 0.492 e. The molecule has 5 aromatic rings. The number of carbonyl (C=O) groups excluding carboxylic acids is 4. The van der Waals surface area contributed by atoms with Crippen LogP contribution in [0.1, 0.15) is 71.6 Å². The van der Waals surface area contributed by atoms with Gasteiger partial charge in [-0.2, -0.15) is 4.37 Å². The quantitative estimate of drug-likeness (QED) is 0.0709. The summed E-state index contributed by atoms with van der Waals surface area (Å²) in [6, 6.07) is 22.7. The smallest absolute Gasteiger partial charge is 0.323 e. The molecule has 62 heavy (non-hydrogen) atoms. The lowest BCUT2D eigenvalue weighted by Gasteiger charge is -2.32.